The summed E-state index contributed by atoms with van der Waals surface area (Å²) in [6.07, 6.45) is 4.65. The van der Waals surface area contributed by atoms with Gasteiger partial charge in [-0.05, 0) is 56.0 Å². The van der Waals surface area contributed by atoms with E-state index in [1.54, 1.807) is 11.8 Å². The molecule has 7 heteroatoms. The largest absolute Gasteiger partial charge is 0.461 e. The minimum absolute atomic E-state index is 0.00906. The highest BCUT2D eigenvalue weighted by Crippen LogP contribution is 2.68. The summed E-state index contributed by atoms with van der Waals surface area (Å²) in [4.78, 5) is 29.1. The molecule has 0 radical (unpaired) electrons. The van der Waals surface area contributed by atoms with Crippen LogP contribution in [-0.2, 0) is 14.3 Å². The van der Waals surface area contributed by atoms with Crippen molar-refractivity contribution in [2.45, 2.75) is 85.9 Å². The summed E-state index contributed by atoms with van der Waals surface area (Å²) in [5, 5.41) is 11.6. The van der Waals surface area contributed by atoms with E-state index in [1.807, 2.05) is 24.8 Å². The molecule has 37 heavy (non-hydrogen) atoms. The molecule has 3 fully saturated rings. The number of carbonyl (C=O) groups excluding carboxylic acids is 2. The molecule has 0 aromatic carbocycles. The highest BCUT2D eigenvalue weighted by molar-refractivity contribution is 8.03. The number of ketones is 1. The zero-order valence-electron chi connectivity index (χ0n) is 24.1. The fourth-order valence-electron chi connectivity index (χ4n) is 7.80. The van der Waals surface area contributed by atoms with E-state index in [0.717, 1.165) is 56.2 Å². The van der Waals surface area contributed by atoms with E-state index in [0.29, 0.717) is 24.4 Å². The van der Waals surface area contributed by atoms with Crippen LogP contribution in [0.15, 0.2) is 12.7 Å². The topological polar surface area (TPSA) is 66.8 Å². The number of ether oxygens (including phenoxy) is 1. The van der Waals surface area contributed by atoms with E-state index >= 15 is 0 Å². The molecule has 212 valence electrons. The molecule has 0 saturated heterocycles. The predicted octanol–water partition coefficient (Wildman–Crippen LogP) is 5.70. The van der Waals surface area contributed by atoms with Crippen LogP contribution in [0.4, 0.5) is 0 Å². The van der Waals surface area contributed by atoms with Crippen molar-refractivity contribution in [3.63, 3.8) is 0 Å². The van der Waals surface area contributed by atoms with Crippen LogP contribution in [0.3, 0.4) is 0 Å². The van der Waals surface area contributed by atoms with Gasteiger partial charge in [0.05, 0.1) is 11.9 Å². The van der Waals surface area contributed by atoms with E-state index in [-0.39, 0.29) is 29.1 Å². The van der Waals surface area contributed by atoms with Crippen LogP contribution >= 0.6 is 23.5 Å². The Labute approximate surface area is 234 Å². The van der Waals surface area contributed by atoms with Crippen molar-refractivity contribution in [1.29, 1.82) is 0 Å². The summed E-state index contributed by atoms with van der Waals surface area (Å²) in [5.41, 5.74) is -1.25. The second kappa shape index (κ2) is 12.8. The van der Waals surface area contributed by atoms with Gasteiger partial charge in [-0.15, -0.1) is 18.3 Å². The molecule has 3 saturated carbocycles. The average Bonchev–Trinajstić information content (AvgIpc) is 3.24. The summed E-state index contributed by atoms with van der Waals surface area (Å²) in [7, 11) is 0. The maximum absolute atomic E-state index is 13.5. The van der Waals surface area contributed by atoms with Crippen molar-refractivity contribution in [2.24, 2.45) is 34.0 Å². The Morgan fingerprint density at radius 2 is 1.84 bits per heavy atom. The fourth-order valence-corrected chi connectivity index (χ4v) is 9.72. The third-order valence-corrected chi connectivity index (χ3v) is 12.8. The van der Waals surface area contributed by atoms with Crippen molar-refractivity contribution in [1.82, 2.24) is 4.90 Å². The van der Waals surface area contributed by atoms with Gasteiger partial charge in [0.15, 0.2) is 0 Å². The smallest absolute Gasteiger partial charge is 0.316 e. The standard InChI is InChI=1S/C30H51NO4S2/c1-8-28(6)19-24(35-25(33)20-37-18-17-36-16-15-31(9-2)10-3)29(7)21(4)11-13-30(22(5)27(28)34)14-12-23(32)26(29)30/h8,21-22,24,26-27,34H,1,9-20H2,2-7H3/t21-,22+,24-,26+,27+,28-,29+,30+/m1/s1. The Hall–Kier alpha value is -0.500. The summed E-state index contributed by atoms with van der Waals surface area (Å²) in [5.74, 6) is 3.56. The van der Waals surface area contributed by atoms with Gasteiger partial charge in [-0.1, -0.05) is 47.6 Å². The first-order chi connectivity index (χ1) is 17.5. The molecular weight excluding hydrogens is 502 g/mol. The van der Waals surface area contributed by atoms with Crippen molar-refractivity contribution in [2.75, 3.05) is 42.6 Å². The maximum Gasteiger partial charge on any atom is 0.316 e. The second-order valence-electron chi connectivity index (χ2n) is 12.3. The summed E-state index contributed by atoms with van der Waals surface area (Å²) < 4.78 is 6.32. The van der Waals surface area contributed by atoms with Crippen molar-refractivity contribution < 1.29 is 19.4 Å². The molecule has 0 aromatic heterocycles. The van der Waals surface area contributed by atoms with Crippen molar-refractivity contribution >= 4 is 35.3 Å². The van der Waals surface area contributed by atoms with Gasteiger partial charge in [0.2, 0.25) is 0 Å². The first-order valence-electron chi connectivity index (χ1n) is 14.4. The molecule has 3 rings (SSSR count). The Bertz CT molecular complexity index is 819. The lowest BCUT2D eigenvalue weighted by Crippen LogP contribution is -2.63. The van der Waals surface area contributed by atoms with Crippen LogP contribution in [0, 0.1) is 34.0 Å². The van der Waals surface area contributed by atoms with Gasteiger partial charge in [0.1, 0.15) is 11.9 Å². The first kappa shape index (κ1) is 31.0. The van der Waals surface area contributed by atoms with E-state index in [9.17, 15) is 14.7 Å². The molecule has 2 bridgehead atoms. The maximum atomic E-state index is 13.5. The molecule has 8 atom stereocenters. The lowest BCUT2D eigenvalue weighted by Gasteiger charge is -2.61. The number of esters is 1. The molecule has 5 nitrogen and oxygen atoms in total. The molecule has 0 aromatic rings. The Morgan fingerprint density at radius 3 is 2.49 bits per heavy atom. The third kappa shape index (κ3) is 6.00. The number of aliphatic hydroxyl groups excluding tert-OH is 1. The summed E-state index contributed by atoms with van der Waals surface area (Å²) in [6, 6.07) is 0. The molecule has 0 aliphatic heterocycles. The number of aliphatic hydroxyl groups is 1. The van der Waals surface area contributed by atoms with Gasteiger partial charge < -0.3 is 14.7 Å². The molecule has 0 unspecified atom stereocenters. The minimum atomic E-state index is -0.625. The van der Waals surface area contributed by atoms with Crippen LogP contribution < -0.4 is 0 Å². The third-order valence-electron chi connectivity index (χ3n) is 10.6. The average molecular weight is 554 g/mol. The van der Waals surface area contributed by atoms with Crippen LogP contribution in [0.1, 0.15) is 73.6 Å². The Kier molecular flexibility index (Phi) is 10.7. The lowest BCUT2D eigenvalue weighted by atomic mass is 9.44. The van der Waals surface area contributed by atoms with E-state index in [1.165, 1.54) is 0 Å². The Balaban J connectivity index is 1.70. The van der Waals surface area contributed by atoms with Gasteiger partial charge in [0.25, 0.3) is 0 Å². The van der Waals surface area contributed by atoms with Crippen LogP contribution in [0.25, 0.3) is 0 Å². The zero-order chi connectivity index (χ0) is 27.4. The van der Waals surface area contributed by atoms with Crippen molar-refractivity contribution in [3.05, 3.63) is 12.7 Å². The van der Waals surface area contributed by atoms with E-state index in [4.69, 9.17) is 4.74 Å². The molecule has 0 heterocycles. The number of hydrogen-bond acceptors (Lipinski definition) is 7. The number of nitrogens with zero attached hydrogens (tertiary/aromatic N) is 1. The number of carbonyl (C=O) groups is 2. The quantitative estimate of drug-likeness (QED) is 0.189. The number of hydrogen-bond donors (Lipinski definition) is 1. The molecule has 3 aliphatic rings. The van der Waals surface area contributed by atoms with Gasteiger partial charge in [0, 0.05) is 47.0 Å². The molecule has 0 spiro atoms. The number of rotatable bonds is 12. The second-order valence-corrected chi connectivity index (χ2v) is 14.6. The summed E-state index contributed by atoms with van der Waals surface area (Å²) in [6.45, 7) is 20.4. The SMILES string of the molecule is C=C[C@]1(C)C[C@@H](OC(=O)CSCCSCCN(CC)CC)[C@]2(C)[C@H](C)CC[C@]3(CCC(=O)[C@H]32)[C@@H](C)[C@@H]1O. The lowest BCUT2D eigenvalue weighted by molar-refractivity contribution is -0.205. The molecular formula is C30H51NO4S2. The normalized spacial score (nSPS) is 39.7. The molecule has 0 amide bonds. The first-order valence-corrected chi connectivity index (χ1v) is 16.7. The van der Waals surface area contributed by atoms with Crippen LogP contribution in [0.2, 0.25) is 0 Å². The Morgan fingerprint density at radius 1 is 1.16 bits per heavy atom. The zero-order valence-corrected chi connectivity index (χ0v) is 25.7. The highest BCUT2D eigenvalue weighted by atomic mass is 32.2. The molecule has 1 N–H and O–H groups in total. The van der Waals surface area contributed by atoms with Crippen molar-refractivity contribution in [3.8, 4) is 0 Å². The number of thioether (sulfide) groups is 2. The van der Waals surface area contributed by atoms with Gasteiger partial charge in [-0.25, -0.2) is 0 Å². The van der Waals surface area contributed by atoms with E-state index in [2.05, 4.69) is 46.1 Å². The fraction of sp³-hybridized carbons (Fsp3) is 0.867. The monoisotopic (exact) mass is 553 g/mol. The van der Waals surface area contributed by atoms with Gasteiger partial charge >= 0.3 is 5.97 Å². The number of Topliss-reactive ketones (excluding diaryl/α,β-unsaturated/α-hetero) is 1. The molecule has 3 aliphatic carbocycles. The minimum Gasteiger partial charge on any atom is -0.461 e. The highest BCUT2D eigenvalue weighted by Gasteiger charge is 2.68. The van der Waals surface area contributed by atoms with Gasteiger partial charge in [-0.2, -0.15) is 11.8 Å². The predicted molar refractivity (Wildman–Crippen MR) is 157 cm³/mol. The van der Waals surface area contributed by atoms with Crippen LogP contribution in [-0.4, -0.2) is 76.6 Å². The summed E-state index contributed by atoms with van der Waals surface area (Å²) >= 11 is 3.57. The van der Waals surface area contributed by atoms with E-state index < -0.39 is 23.0 Å². The van der Waals surface area contributed by atoms with Crippen LogP contribution in [0.5, 0.6) is 0 Å². The van der Waals surface area contributed by atoms with Gasteiger partial charge in [-0.3, -0.25) is 9.59 Å².